The quantitative estimate of drug-likeness (QED) is 0.426. The lowest BCUT2D eigenvalue weighted by Gasteiger charge is -2.36. The number of piperazine rings is 1. The first-order chi connectivity index (χ1) is 12.3. The third-order valence-electron chi connectivity index (χ3n) is 4.15. The van der Waals surface area contributed by atoms with Gasteiger partial charge in [-0.3, -0.25) is 9.80 Å². The predicted molar refractivity (Wildman–Crippen MR) is 96.7 cm³/mol. The highest BCUT2D eigenvalue weighted by Crippen LogP contribution is 2.19. The van der Waals surface area contributed by atoms with Gasteiger partial charge in [0.1, 0.15) is 6.54 Å². The lowest BCUT2D eigenvalue weighted by molar-refractivity contribution is -0.132. The molecule has 0 N–H and O–H groups in total. The Balaban J connectivity index is 1.92. The summed E-state index contributed by atoms with van der Waals surface area (Å²) in [5.74, 6) is -0.983. The van der Waals surface area contributed by atoms with Crippen LogP contribution in [0.3, 0.4) is 0 Å². The fourth-order valence-electron chi connectivity index (χ4n) is 2.66. The third kappa shape index (κ3) is 5.52. The second kappa shape index (κ2) is 9.12. The molecule has 9 heteroatoms. The highest BCUT2D eigenvalue weighted by atomic mass is 35.5. The van der Waals surface area contributed by atoms with Crippen LogP contribution in [0.2, 0.25) is 0 Å². The van der Waals surface area contributed by atoms with Gasteiger partial charge in [-0.25, -0.2) is 0 Å². The van der Waals surface area contributed by atoms with Gasteiger partial charge in [0.25, 0.3) is 0 Å². The van der Waals surface area contributed by atoms with Crippen LogP contribution < -0.4 is 4.90 Å². The van der Waals surface area contributed by atoms with Crippen LogP contribution in [-0.2, 0) is 4.79 Å². The Kier molecular flexibility index (Phi) is 7.14. The molecule has 0 atom stereocenters. The van der Waals surface area contributed by atoms with Crippen molar-refractivity contribution in [2.24, 2.45) is 5.10 Å². The van der Waals surface area contributed by atoms with Crippen molar-refractivity contribution in [3.8, 4) is 0 Å². The van der Waals surface area contributed by atoms with E-state index in [4.69, 9.17) is 11.6 Å². The van der Waals surface area contributed by atoms with Crippen molar-refractivity contribution < 1.29 is 18.0 Å². The van der Waals surface area contributed by atoms with Gasteiger partial charge in [0.2, 0.25) is 5.91 Å². The summed E-state index contributed by atoms with van der Waals surface area (Å²) in [6, 6.07) is 9.88. The maximum absolute atomic E-state index is 12.8. The number of carbonyl (C=O) groups excluding carboxylic acids is 1. The molecule has 1 amide bonds. The van der Waals surface area contributed by atoms with Crippen molar-refractivity contribution in [3.63, 3.8) is 0 Å². The van der Waals surface area contributed by atoms with Crippen LogP contribution >= 0.6 is 11.6 Å². The summed E-state index contributed by atoms with van der Waals surface area (Å²) in [6.07, 6.45) is -4.60. The number of para-hydroxylation sites is 1. The number of hydrogen-bond acceptors (Lipinski definition) is 4. The minimum atomic E-state index is -4.60. The molecule has 0 unspecified atom stereocenters. The molecule has 0 spiro atoms. The van der Waals surface area contributed by atoms with Gasteiger partial charge >= 0.3 is 6.18 Å². The van der Waals surface area contributed by atoms with Crippen LogP contribution in [-0.4, -0.2) is 72.9 Å². The van der Waals surface area contributed by atoms with E-state index >= 15 is 0 Å². The molecule has 0 aromatic heterocycles. The van der Waals surface area contributed by atoms with Crippen molar-refractivity contribution >= 4 is 28.9 Å². The van der Waals surface area contributed by atoms with Crippen LogP contribution in [0.1, 0.15) is 6.92 Å². The number of hydrazone groups is 1. The Morgan fingerprint density at radius 3 is 2.31 bits per heavy atom. The summed E-state index contributed by atoms with van der Waals surface area (Å²) in [6.45, 7) is 4.05. The van der Waals surface area contributed by atoms with E-state index in [-0.39, 0.29) is 19.0 Å². The van der Waals surface area contributed by atoms with E-state index < -0.39 is 17.8 Å². The molecule has 1 heterocycles. The zero-order chi connectivity index (χ0) is 19.2. The number of benzene rings is 1. The summed E-state index contributed by atoms with van der Waals surface area (Å²) >= 11 is 5.33. The lowest BCUT2D eigenvalue weighted by Crippen LogP contribution is -2.51. The Bertz CT molecular complexity index is 616. The van der Waals surface area contributed by atoms with Crippen molar-refractivity contribution in [2.45, 2.75) is 13.1 Å². The van der Waals surface area contributed by atoms with Gasteiger partial charge in [-0.2, -0.15) is 18.3 Å². The van der Waals surface area contributed by atoms with Gasteiger partial charge in [0.15, 0.2) is 5.71 Å². The van der Waals surface area contributed by atoms with Gasteiger partial charge in [0, 0.05) is 38.4 Å². The number of carbonyl (C=O) groups is 1. The highest BCUT2D eigenvalue weighted by Gasteiger charge is 2.36. The van der Waals surface area contributed by atoms with Gasteiger partial charge in [-0.1, -0.05) is 18.2 Å². The van der Waals surface area contributed by atoms with Crippen LogP contribution in [0.15, 0.2) is 35.4 Å². The molecule has 0 aliphatic carbocycles. The maximum Gasteiger partial charge on any atom is 0.432 e. The van der Waals surface area contributed by atoms with Crippen molar-refractivity contribution in [1.82, 2.24) is 9.91 Å². The van der Waals surface area contributed by atoms with E-state index in [1.54, 1.807) is 11.8 Å². The molecule has 1 fully saturated rings. The Labute approximate surface area is 156 Å². The SMILES string of the molecule is CCN(CC(=O)N1CCN(c2ccccc2)CC1)/N=C(\CCl)C(F)(F)F. The molecule has 1 aliphatic rings. The number of hydrogen-bond donors (Lipinski definition) is 0. The number of alkyl halides is 4. The average Bonchev–Trinajstić information content (AvgIpc) is 2.64. The molecule has 0 saturated carbocycles. The van der Waals surface area contributed by atoms with Gasteiger partial charge in [-0.15, -0.1) is 11.6 Å². The summed E-state index contributed by atoms with van der Waals surface area (Å²) in [5.41, 5.74) is -0.000899. The molecule has 26 heavy (non-hydrogen) atoms. The van der Waals surface area contributed by atoms with Crippen molar-refractivity contribution in [2.75, 3.05) is 50.0 Å². The zero-order valence-corrected chi connectivity index (χ0v) is 15.3. The number of anilines is 1. The summed E-state index contributed by atoms with van der Waals surface area (Å²) in [4.78, 5) is 16.2. The van der Waals surface area contributed by atoms with E-state index in [1.165, 1.54) is 0 Å². The monoisotopic (exact) mass is 390 g/mol. The molecule has 1 saturated heterocycles. The van der Waals surface area contributed by atoms with Crippen LogP contribution in [0.25, 0.3) is 0 Å². The fourth-order valence-corrected chi connectivity index (χ4v) is 2.86. The molecule has 1 aromatic carbocycles. The van der Waals surface area contributed by atoms with Gasteiger partial charge < -0.3 is 9.80 Å². The minimum Gasteiger partial charge on any atom is -0.368 e. The highest BCUT2D eigenvalue weighted by molar-refractivity contribution is 6.29. The molecule has 5 nitrogen and oxygen atoms in total. The Hall–Kier alpha value is -1.96. The van der Waals surface area contributed by atoms with E-state index in [1.807, 2.05) is 30.3 Å². The first-order valence-electron chi connectivity index (χ1n) is 8.38. The number of amides is 1. The fraction of sp³-hybridized carbons (Fsp3) is 0.529. The molecule has 2 rings (SSSR count). The van der Waals surface area contributed by atoms with Crippen LogP contribution in [0, 0.1) is 0 Å². The first-order valence-corrected chi connectivity index (χ1v) is 8.92. The molecule has 1 aromatic rings. The summed E-state index contributed by atoms with van der Waals surface area (Å²) in [7, 11) is 0. The van der Waals surface area contributed by atoms with E-state index in [0.29, 0.717) is 26.2 Å². The molecule has 144 valence electrons. The van der Waals surface area contributed by atoms with E-state index in [0.717, 1.165) is 10.7 Å². The smallest absolute Gasteiger partial charge is 0.368 e. The summed E-state index contributed by atoms with van der Waals surface area (Å²) < 4.78 is 38.3. The first kappa shape index (κ1) is 20.4. The molecule has 0 radical (unpaired) electrons. The largest absolute Gasteiger partial charge is 0.432 e. The Morgan fingerprint density at radius 1 is 1.19 bits per heavy atom. The van der Waals surface area contributed by atoms with Gasteiger partial charge in [0.05, 0.1) is 5.88 Å². The number of nitrogens with zero attached hydrogens (tertiary/aromatic N) is 4. The standard InChI is InChI=1S/C17H22ClF3N4O/c1-2-25(22-15(12-18)17(19,20)21)13-16(26)24-10-8-23(9-11-24)14-6-4-3-5-7-14/h3-7H,2,8-13H2,1H3/b22-15+. The van der Waals surface area contributed by atoms with Crippen LogP contribution in [0.5, 0.6) is 0 Å². The predicted octanol–water partition coefficient (Wildman–Crippen LogP) is 2.81. The van der Waals surface area contributed by atoms with E-state index in [9.17, 15) is 18.0 Å². The van der Waals surface area contributed by atoms with Crippen LogP contribution in [0.4, 0.5) is 18.9 Å². The topological polar surface area (TPSA) is 39.2 Å². The zero-order valence-electron chi connectivity index (χ0n) is 14.5. The Morgan fingerprint density at radius 2 is 1.81 bits per heavy atom. The third-order valence-corrected chi connectivity index (χ3v) is 4.41. The molecule has 1 aliphatic heterocycles. The normalized spacial score (nSPS) is 16.0. The number of rotatable bonds is 6. The van der Waals surface area contributed by atoms with Crippen molar-refractivity contribution in [3.05, 3.63) is 30.3 Å². The summed E-state index contributed by atoms with van der Waals surface area (Å²) in [5, 5.41) is 4.63. The minimum absolute atomic E-state index is 0.187. The van der Waals surface area contributed by atoms with Gasteiger partial charge in [-0.05, 0) is 19.1 Å². The van der Waals surface area contributed by atoms with E-state index in [2.05, 4.69) is 10.0 Å². The number of likely N-dealkylation sites (N-methyl/N-ethyl adjacent to an activating group) is 1. The molecular weight excluding hydrogens is 369 g/mol. The lowest BCUT2D eigenvalue weighted by atomic mass is 10.2. The molecular formula is C17H22ClF3N4O. The number of halogens is 4. The second-order valence-electron chi connectivity index (χ2n) is 5.86. The maximum atomic E-state index is 12.8. The second-order valence-corrected chi connectivity index (χ2v) is 6.13. The molecule has 0 bridgehead atoms. The van der Waals surface area contributed by atoms with Crippen molar-refractivity contribution in [1.29, 1.82) is 0 Å². The average molecular weight is 391 g/mol.